The van der Waals surface area contributed by atoms with Gasteiger partial charge in [0.25, 0.3) is 0 Å². The topological polar surface area (TPSA) is 40.5 Å². The Morgan fingerprint density at radius 2 is 1.82 bits per heavy atom. The predicted octanol–water partition coefficient (Wildman–Crippen LogP) is 2.82. The van der Waals surface area contributed by atoms with Gasteiger partial charge in [-0.25, -0.2) is 0 Å². The molecule has 0 rings (SSSR count). The van der Waals surface area contributed by atoms with Crippen molar-refractivity contribution < 1.29 is 9.90 Å². The van der Waals surface area contributed by atoms with Crippen molar-refractivity contribution in [2.24, 2.45) is 5.41 Å². The normalized spacial score (nSPS) is 13.5. The highest BCUT2D eigenvalue weighted by Crippen LogP contribution is 2.17. The van der Waals surface area contributed by atoms with Crippen LogP contribution in [-0.2, 0) is 4.79 Å². The summed E-state index contributed by atoms with van der Waals surface area (Å²) in [6, 6.07) is 0. The highest BCUT2D eigenvalue weighted by Gasteiger charge is 2.25. The van der Waals surface area contributed by atoms with E-state index in [1.165, 1.54) is 19.3 Å². The van der Waals surface area contributed by atoms with E-state index in [9.17, 15) is 9.90 Å². The molecule has 0 spiro atoms. The fraction of sp³-hybridized carbons (Fsp3) is 0.929. The number of aliphatic hydroxyl groups excluding tert-OH is 1. The van der Waals surface area contributed by atoms with Gasteiger partial charge in [0, 0.05) is 19.0 Å². The predicted molar refractivity (Wildman–Crippen MR) is 71.9 cm³/mol. The summed E-state index contributed by atoms with van der Waals surface area (Å²) in [5, 5.41) is 9.84. The summed E-state index contributed by atoms with van der Waals surface area (Å²) in [4.78, 5) is 13.5. The molecule has 0 aromatic rings. The van der Waals surface area contributed by atoms with Gasteiger partial charge in [0.15, 0.2) is 0 Å². The van der Waals surface area contributed by atoms with Crippen molar-refractivity contribution >= 4 is 5.91 Å². The molecule has 1 N–H and O–H groups in total. The van der Waals surface area contributed by atoms with E-state index in [0.29, 0.717) is 6.54 Å². The molecule has 17 heavy (non-hydrogen) atoms. The molecule has 0 heterocycles. The zero-order valence-electron chi connectivity index (χ0n) is 12.1. The Labute approximate surface area is 106 Å². The molecule has 0 aromatic carbocycles. The minimum atomic E-state index is -0.386. The fourth-order valence-electron chi connectivity index (χ4n) is 1.87. The third kappa shape index (κ3) is 7.37. The first-order chi connectivity index (χ1) is 7.79. The van der Waals surface area contributed by atoms with Gasteiger partial charge in [-0.05, 0) is 6.42 Å². The zero-order valence-corrected chi connectivity index (χ0v) is 12.1. The van der Waals surface area contributed by atoms with Crippen LogP contribution in [0.4, 0.5) is 0 Å². The first-order valence-corrected chi connectivity index (χ1v) is 6.72. The number of hydrogen-bond acceptors (Lipinski definition) is 2. The van der Waals surface area contributed by atoms with E-state index < -0.39 is 0 Å². The number of aliphatic hydroxyl groups is 1. The van der Waals surface area contributed by atoms with Crippen LogP contribution in [0.1, 0.15) is 59.8 Å². The van der Waals surface area contributed by atoms with Crippen LogP contribution in [0.25, 0.3) is 0 Å². The number of unbranched alkanes of at least 4 members (excludes halogenated alkanes) is 3. The molecule has 1 unspecified atom stereocenters. The van der Waals surface area contributed by atoms with Crippen LogP contribution in [0.2, 0.25) is 0 Å². The molecule has 0 saturated carbocycles. The zero-order chi connectivity index (χ0) is 13.5. The van der Waals surface area contributed by atoms with E-state index in [2.05, 4.69) is 6.92 Å². The molecular weight excluding hydrogens is 214 g/mol. The van der Waals surface area contributed by atoms with Crippen molar-refractivity contribution in [3.63, 3.8) is 0 Å². The number of rotatable bonds is 7. The summed E-state index contributed by atoms with van der Waals surface area (Å²) in [5.74, 6) is 0.0881. The standard InChI is InChI=1S/C14H29NO2/c1-6-7-8-9-10-12(16)11-15(5)13(17)14(2,3)4/h12,16H,6-11H2,1-5H3. The van der Waals surface area contributed by atoms with Crippen molar-refractivity contribution in [1.82, 2.24) is 4.90 Å². The molecular formula is C14H29NO2. The number of carbonyl (C=O) groups is 1. The van der Waals surface area contributed by atoms with Crippen LogP contribution in [0.5, 0.6) is 0 Å². The van der Waals surface area contributed by atoms with E-state index in [4.69, 9.17) is 0 Å². The lowest BCUT2D eigenvalue weighted by Crippen LogP contribution is -2.40. The Bertz CT molecular complexity index is 221. The quantitative estimate of drug-likeness (QED) is 0.698. The molecule has 3 nitrogen and oxygen atoms in total. The summed E-state index contributed by atoms with van der Waals surface area (Å²) in [7, 11) is 1.77. The molecule has 0 bridgehead atoms. The molecule has 0 aliphatic heterocycles. The average Bonchev–Trinajstić information content (AvgIpc) is 2.22. The highest BCUT2D eigenvalue weighted by atomic mass is 16.3. The third-order valence-corrected chi connectivity index (χ3v) is 2.86. The highest BCUT2D eigenvalue weighted by molar-refractivity contribution is 5.81. The molecule has 0 radical (unpaired) electrons. The molecule has 0 aliphatic rings. The maximum absolute atomic E-state index is 11.9. The Morgan fingerprint density at radius 1 is 1.24 bits per heavy atom. The van der Waals surface area contributed by atoms with Crippen LogP contribution in [0.15, 0.2) is 0 Å². The van der Waals surface area contributed by atoms with Crippen LogP contribution in [-0.4, -0.2) is 35.6 Å². The van der Waals surface area contributed by atoms with Crippen LogP contribution < -0.4 is 0 Å². The molecule has 1 atom stereocenters. The van der Waals surface area contributed by atoms with E-state index in [1.54, 1.807) is 11.9 Å². The van der Waals surface area contributed by atoms with Gasteiger partial charge in [0.2, 0.25) is 5.91 Å². The van der Waals surface area contributed by atoms with Crippen LogP contribution in [0.3, 0.4) is 0 Å². The number of nitrogens with zero attached hydrogens (tertiary/aromatic N) is 1. The van der Waals surface area contributed by atoms with Crippen molar-refractivity contribution in [3.8, 4) is 0 Å². The van der Waals surface area contributed by atoms with E-state index in [0.717, 1.165) is 12.8 Å². The van der Waals surface area contributed by atoms with Gasteiger partial charge in [0.05, 0.1) is 6.10 Å². The second-order valence-corrected chi connectivity index (χ2v) is 5.94. The smallest absolute Gasteiger partial charge is 0.227 e. The molecule has 0 aromatic heterocycles. The summed E-state index contributed by atoms with van der Waals surface area (Å²) < 4.78 is 0. The number of likely N-dealkylation sites (N-methyl/N-ethyl adjacent to an activating group) is 1. The van der Waals surface area contributed by atoms with E-state index in [1.807, 2.05) is 20.8 Å². The number of hydrogen-bond donors (Lipinski definition) is 1. The summed E-state index contributed by atoms with van der Waals surface area (Å²) in [6.07, 6.45) is 5.06. The van der Waals surface area contributed by atoms with Crippen molar-refractivity contribution in [2.75, 3.05) is 13.6 Å². The third-order valence-electron chi connectivity index (χ3n) is 2.86. The molecule has 1 amide bonds. The molecule has 0 saturated heterocycles. The SMILES string of the molecule is CCCCCCC(O)CN(C)C(=O)C(C)(C)C. The Hall–Kier alpha value is -0.570. The van der Waals surface area contributed by atoms with Crippen molar-refractivity contribution in [3.05, 3.63) is 0 Å². The Kier molecular flexibility index (Phi) is 7.44. The summed E-state index contributed by atoms with van der Waals surface area (Å²) in [5.41, 5.74) is -0.364. The molecule has 0 fully saturated rings. The van der Waals surface area contributed by atoms with E-state index in [-0.39, 0.29) is 17.4 Å². The van der Waals surface area contributed by atoms with Crippen LogP contribution >= 0.6 is 0 Å². The van der Waals surface area contributed by atoms with Gasteiger partial charge >= 0.3 is 0 Å². The first-order valence-electron chi connectivity index (χ1n) is 6.72. The monoisotopic (exact) mass is 243 g/mol. The average molecular weight is 243 g/mol. The van der Waals surface area contributed by atoms with Gasteiger partial charge in [-0.15, -0.1) is 0 Å². The number of amides is 1. The largest absolute Gasteiger partial charge is 0.391 e. The molecule has 0 aliphatic carbocycles. The van der Waals surface area contributed by atoms with Gasteiger partial charge in [0.1, 0.15) is 0 Å². The van der Waals surface area contributed by atoms with Gasteiger partial charge in [-0.2, -0.15) is 0 Å². The maximum Gasteiger partial charge on any atom is 0.227 e. The Balaban J connectivity index is 3.87. The van der Waals surface area contributed by atoms with Crippen molar-refractivity contribution in [1.29, 1.82) is 0 Å². The second kappa shape index (κ2) is 7.70. The van der Waals surface area contributed by atoms with E-state index >= 15 is 0 Å². The molecule has 3 heteroatoms. The lowest BCUT2D eigenvalue weighted by Gasteiger charge is -2.27. The van der Waals surface area contributed by atoms with Crippen LogP contribution in [0, 0.1) is 5.41 Å². The Morgan fingerprint density at radius 3 is 2.29 bits per heavy atom. The van der Waals surface area contributed by atoms with Crippen molar-refractivity contribution in [2.45, 2.75) is 65.9 Å². The maximum atomic E-state index is 11.9. The number of carbonyl (C=O) groups excluding carboxylic acids is 1. The lowest BCUT2D eigenvalue weighted by molar-refractivity contribution is -0.139. The van der Waals surface area contributed by atoms with Gasteiger partial charge in [-0.1, -0.05) is 53.4 Å². The van der Waals surface area contributed by atoms with Gasteiger partial charge in [-0.3, -0.25) is 4.79 Å². The second-order valence-electron chi connectivity index (χ2n) is 5.94. The van der Waals surface area contributed by atoms with Gasteiger partial charge < -0.3 is 10.0 Å². The minimum absolute atomic E-state index is 0.0881. The first kappa shape index (κ1) is 16.4. The fourth-order valence-corrected chi connectivity index (χ4v) is 1.87. The molecule has 102 valence electrons. The summed E-state index contributed by atoms with van der Waals surface area (Å²) in [6.45, 7) is 8.33. The lowest BCUT2D eigenvalue weighted by atomic mass is 9.94. The summed E-state index contributed by atoms with van der Waals surface area (Å²) >= 11 is 0. The minimum Gasteiger partial charge on any atom is -0.391 e.